The molecule has 2 aromatic carbocycles. The highest BCUT2D eigenvalue weighted by atomic mass is 79.9. The minimum absolute atomic E-state index is 0.0731. The Bertz CT molecular complexity index is 1830. The Kier molecular flexibility index (Phi) is 8.65. The predicted octanol–water partition coefficient (Wildman–Crippen LogP) is 2.27. The number of aliphatic hydroxyl groups is 1. The number of ether oxygens (including phenoxy) is 2. The third kappa shape index (κ3) is 6.46. The Balaban J connectivity index is 1.15. The number of hydrogen-bond donors (Lipinski definition) is 4. The number of hydrogen-bond acceptors (Lipinski definition) is 12. The van der Waals surface area contributed by atoms with Gasteiger partial charge >= 0.3 is 19.5 Å². The lowest BCUT2D eigenvalue weighted by Gasteiger charge is -2.20. The highest BCUT2D eigenvalue weighted by molar-refractivity contribution is 9.10. The Hall–Kier alpha value is -3.15. The molecule has 1 saturated carbocycles. The first kappa shape index (κ1) is 30.9. The molecular weight excluding hydrogens is 683 g/mol. The standard InChI is InChI=1S/C26H26BrN6O9PS/c27-24-30-31-26(33(24)17-8-7-14(13-5-6-13)15-3-1-2-4-16(15)17)44-12-20(34)40-11-18-22(42-43(37,38)39)21(35)23(41-18)32-10-9-19(28)29-25(32)36/h1-4,7-10,13,18,21-23,35H,5-6,11-12H2,(H2,28,29,36)(H2,37,38,39)/t18-,21?,22?,23-/m1/s1. The van der Waals surface area contributed by atoms with Crippen molar-refractivity contribution in [2.75, 3.05) is 18.1 Å². The van der Waals surface area contributed by atoms with E-state index in [-0.39, 0.29) is 11.6 Å². The number of benzene rings is 2. The van der Waals surface area contributed by atoms with Gasteiger partial charge in [-0.15, -0.1) is 10.2 Å². The summed E-state index contributed by atoms with van der Waals surface area (Å²) in [6.45, 7) is -0.543. The van der Waals surface area contributed by atoms with Crippen LogP contribution in [0.3, 0.4) is 0 Å². The van der Waals surface area contributed by atoms with Crippen LogP contribution in [0.4, 0.5) is 5.82 Å². The quantitative estimate of drug-likeness (QED) is 0.106. The molecule has 232 valence electrons. The molecule has 1 aliphatic carbocycles. The molecule has 1 saturated heterocycles. The number of phosphoric ester groups is 1. The molecule has 2 aromatic heterocycles. The summed E-state index contributed by atoms with van der Waals surface area (Å²) in [7, 11) is -5.11. The van der Waals surface area contributed by atoms with Crippen LogP contribution in [-0.2, 0) is 23.4 Å². The van der Waals surface area contributed by atoms with Crippen LogP contribution in [0.5, 0.6) is 0 Å². The number of rotatable bonds is 10. The van der Waals surface area contributed by atoms with Crippen molar-refractivity contribution in [3.8, 4) is 5.69 Å². The number of anilines is 1. The van der Waals surface area contributed by atoms with Gasteiger partial charge in [-0.05, 0) is 57.8 Å². The minimum atomic E-state index is -5.11. The Morgan fingerprint density at radius 2 is 1.91 bits per heavy atom. The number of fused-ring (bicyclic) bond motifs is 1. The van der Waals surface area contributed by atoms with E-state index in [0.29, 0.717) is 15.8 Å². The zero-order chi connectivity index (χ0) is 31.2. The van der Waals surface area contributed by atoms with Gasteiger partial charge in [0.15, 0.2) is 11.4 Å². The lowest BCUT2D eigenvalue weighted by molar-refractivity contribution is -0.146. The number of nitrogens with zero attached hydrogens (tertiary/aromatic N) is 5. The molecule has 2 fully saturated rings. The van der Waals surface area contributed by atoms with Gasteiger partial charge in [0.25, 0.3) is 0 Å². The number of carbonyl (C=O) groups excluding carboxylic acids is 1. The van der Waals surface area contributed by atoms with Gasteiger partial charge in [-0.2, -0.15) is 4.98 Å². The zero-order valence-electron chi connectivity index (χ0n) is 22.7. The van der Waals surface area contributed by atoms with E-state index in [1.54, 1.807) is 4.57 Å². The minimum Gasteiger partial charge on any atom is -0.462 e. The average Bonchev–Trinajstić information content (AvgIpc) is 3.70. The second-order valence-corrected chi connectivity index (χ2v) is 13.1. The SMILES string of the molecule is Nc1ccn([C@@H]2O[C@H](COC(=O)CSc3nnc(Br)n3-c3ccc(C4CC4)c4ccccc34)C(OP(=O)(O)O)C2O)c(=O)n1. The fourth-order valence-electron chi connectivity index (χ4n) is 5.13. The number of aromatic nitrogens is 5. The largest absolute Gasteiger partial charge is 0.470 e. The summed E-state index contributed by atoms with van der Waals surface area (Å²) >= 11 is 4.53. The van der Waals surface area contributed by atoms with Crippen molar-refractivity contribution in [2.45, 2.75) is 48.5 Å². The van der Waals surface area contributed by atoms with E-state index in [9.17, 15) is 29.0 Å². The number of carbonyl (C=O) groups is 1. The molecule has 2 aliphatic rings. The first-order valence-corrected chi connectivity index (χ1v) is 16.6. The maximum Gasteiger partial charge on any atom is 0.470 e. The van der Waals surface area contributed by atoms with E-state index in [0.717, 1.165) is 45.6 Å². The molecule has 4 atom stereocenters. The van der Waals surface area contributed by atoms with Crippen LogP contribution in [0, 0.1) is 0 Å². The molecule has 15 nitrogen and oxygen atoms in total. The molecule has 0 radical (unpaired) electrons. The number of halogens is 1. The van der Waals surface area contributed by atoms with Crippen LogP contribution in [0.25, 0.3) is 16.5 Å². The Morgan fingerprint density at radius 1 is 1.16 bits per heavy atom. The summed E-state index contributed by atoms with van der Waals surface area (Å²) in [6, 6.07) is 13.5. The lowest BCUT2D eigenvalue weighted by atomic mass is 9.99. The van der Waals surface area contributed by atoms with Crippen LogP contribution in [-0.4, -0.2) is 75.8 Å². The molecule has 2 unspecified atom stereocenters. The lowest BCUT2D eigenvalue weighted by Crippen LogP contribution is -2.38. The van der Waals surface area contributed by atoms with Gasteiger partial charge in [0.2, 0.25) is 4.73 Å². The van der Waals surface area contributed by atoms with Crippen molar-refractivity contribution < 1.29 is 38.3 Å². The molecule has 44 heavy (non-hydrogen) atoms. The number of thioether (sulfide) groups is 1. The maximum absolute atomic E-state index is 12.8. The zero-order valence-corrected chi connectivity index (χ0v) is 26.0. The van der Waals surface area contributed by atoms with Crippen LogP contribution in [0.2, 0.25) is 0 Å². The van der Waals surface area contributed by atoms with Crippen molar-refractivity contribution in [3.05, 3.63) is 69.4 Å². The molecule has 0 bridgehead atoms. The van der Waals surface area contributed by atoms with Gasteiger partial charge in [0, 0.05) is 11.6 Å². The van der Waals surface area contributed by atoms with Crippen molar-refractivity contribution in [1.82, 2.24) is 24.3 Å². The molecule has 0 spiro atoms. The van der Waals surface area contributed by atoms with Crippen LogP contribution < -0.4 is 11.4 Å². The number of esters is 1. The smallest absolute Gasteiger partial charge is 0.462 e. The number of phosphoric acid groups is 1. The van der Waals surface area contributed by atoms with Gasteiger partial charge in [-0.25, -0.2) is 9.36 Å². The Labute approximate surface area is 261 Å². The summed E-state index contributed by atoms with van der Waals surface area (Å²) in [5, 5.41) is 21.7. The van der Waals surface area contributed by atoms with E-state index < -0.39 is 50.6 Å². The summed E-state index contributed by atoms with van der Waals surface area (Å²) in [5.41, 5.74) is 6.77. The first-order chi connectivity index (χ1) is 21.0. The topological polar surface area (TPSA) is 214 Å². The van der Waals surface area contributed by atoms with Crippen LogP contribution in [0.15, 0.2) is 63.3 Å². The van der Waals surface area contributed by atoms with Crippen molar-refractivity contribution in [2.24, 2.45) is 0 Å². The molecule has 5 N–H and O–H groups in total. The van der Waals surface area contributed by atoms with Gasteiger partial charge in [0.1, 0.15) is 30.7 Å². The molecule has 6 rings (SSSR count). The van der Waals surface area contributed by atoms with Gasteiger partial charge in [-0.1, -0.05) is 42.1 Å². The first-order valence-electron chi connectivity index (χ1n) is 13.3. The second-order valence-electron chi connectivity index (χ2n) is 10.2. The number of nitrogens with two attached hydrogens (primary N) is 1. The summed E-state index contributed by atoms with van der Waals surface area (Å²) in [4.78, 5) is 47.4. The van der Waals surface area contributed by atoms with Gasteiger partial charge in [0.05, 0.1) is 11.4 Å². The third-order valence-corrected chi connectivity index (χ3v) is 9.14. The maximum atomic E-state index is 12.8. The van der Waals surface area contributed by atoms with Gasteiger partial charge in [-0.3, -0.25) is 18.5 Å². The normalized spacial score (nSPS) is 22.0. The van der Waals surface area contributed by atoms with E-state index in [1.165, 1.54) is 17.8 Å². The highest BCUT2D eigenvalue weighted by Crippen LogP contribution is 2.45. The van der Waals surface area contributed by atoms with E-state index in [4.69, 9.17) is 19.7 Å². The van der Waals surface area contributed by atoms with Gasteiger partial charge < -0.3 is 30.1 Å². The molecule has 1 aliphatic heterocycles. The fourth-order valence-corrected chi connectivity index (χ4v) is 7.01. The van der Waals surface area contributed by atoms with Crippen molar-refractivity contribution in [3.63, 3.8) is 0 Å². The van der Waals surface area contributed by atoms with Crippen molar-refractivity contribution >= 4 is 58.1 Å². The summed E-state index contributed by atoms with van der Waals surface area (Å²) in [6.07, 6.45) is -2.61. The van der Waals surface area contributed by atoms with Crippen molar-refractivity contribution in [1.29, 1.82) is 0 Å². The predicted molar refractivity (Wildman–Crippen MR) is 160 cm³/mol. The fraction of sp³-hybridized carbons (Fsp3) is 0.346. The Morgan fingerprint density at radius 3 is 2.61 bits per heavy atom. The van der Waals surface area contributed by atoms with Crippen LogP contribution >= 0.6 is 35.5 Å². The van der Waals surface area contributed by atoms with E-state index in [1.807, 2.05) is 24.3 Å². The molecule has 0 amide bonds. The summed E-state index contributed by atoms with van der Waals surface area (Å²) < 4.78 is 30.4. The number of nitrogen functional groups attached to an aromatic ring is 1. The van der Waals surface area contributed by atoms with E-state index >= 15 is 0 Å². The van der Waals surface area contributed by atoms with E-state index in [2.05, 4.69) is 43.2 Å². The molecule has 18 heteroatoms. The second kappa shape index (κ2) is 12.3. The third-order valence-electron chi connectivity index (χ3n) is 7.21. The molecule has 4 aromatic rings. The van der Waals surface area contributed by atoms with Crippen LogP contribution in [0.1, 0.15) is 30.6 Å². The highest BCUT2D eigenvalue weighted by Gasteiger charge is 2.49. The summed E-state index contributed by atoms with van der Waals surface area (Å²) in [5.74, 6) is -0.431. The molecule has 3 heterocycles. The molecular formula is C26H26BrN6O9PS. The monoisotopic (exact) mass is 708 g/mol. The number of aliphatic hydroxyl groups excluding tert-OH is 1. The average molecular weight is 709 g/mol.